The largest absolute Gasteiger partial charge is 0.409 e. The van der Waals surface area contributed by atoms with Crippen molar-refractivity contribution in [1.82, 2.24) is 5.32 Å². The number of nitrogens with one attached hydrogen (secondary N) is 1. The van der Waals surface area contributed by atoms with Gasteiger partial charge in [0.1, 0.15) is 0 Å². The SMILES string of the molecule is CCC(NC1(C)CCOC1)C(N)=NO. The maximum Gasteiger partial charge on any atom is 0.156 e. The molecule has 1 saturated heterocycles. The maximum atomic E-state index is 8.59. The summed E-state index contributed by atoms with van der Waals surface area (Å²) < 4.78 is 5.31. The average molecular weight is 201 g/mol. The molecule has 82 valence electrons. The zero-order chi connectivity index (χ0) is 10.6. The van der Waals surface area contributed by atoms with Gasteiger partial charge in [-0.15, -0.1) is 0 Å². The quantitative estimate of drug-likeness (QED) is 0.264. The highest BCUT2D eigenvalue weighted by Crippen LogP contribution is 2.18. The Kier molecular flexibility index (Phi) is 3.71. The number of hydrogen-bond acceptors (Lipinski definition) is 4. The molecule has 4 N–H and O–H groups in total. The highest BCUT2D eigenvalue weighted by molar-refractivity contribution is 5.85. The molecule has 14 heavy (non-hydrogen) atoms. The average Bonchev–Trinajstić information content (AvgIpc) is 2.61. The number of rotatable bonds is 4. The van der Waals surface area contributed by atoms with Gasteiger partial charge in [-0.25, -0.2) is 0 Å². The van der Waals surface area contributed by atoms with Gasteiger partial charge in [0.15, 0.2) is 5.84 Å². The lowest BCUT2D eigenvalue weighted by Gasteiger charge is -2.28. The third-order valence-corrected chi connectivity index (χ3v) is 2.62. The third kappa shape index (κ3) is 2.59. The van der Waals surface area contributed by atoms with Crippen molar-refractivity contribution in [3.05, 3.63) is 0 Å². The molecule has 1 rings (SSSR count). The fourth-order valence-electron chi connectivity index (χ4n) is 1.66. The molecule has 0 bridgehead atoms. The smallest absolute Gasteiger partial charge is 0.156 e. The summed E-state index contributed by atoms with van der Waals surface area (Å²) in [4.78, 5) is 0. The highest BCUT2D eigenvalue weighted by Gasteiger charge is 2.32. The van der Waals surface area contributed by atoms with E-state index >= 15 is 0 Å². The Hall–Kier alpha value is -0.810. The molecule has 0 aromatic carbocycles. The minimum absolute atomic E-state index is 0.0456. The molecular weight excluding hydrogens is 182 g/mol. The molecule has 1 heterocycles. The predicted octanol–water partition coefficient (Wildman–Crippen LogP) is 0.280. The number of amidine groups is 1. The van der Waals surface area contributed by atoms with E-state index in [0.29, 0.717) is 6.61 Å². The van der Waals surface area contributed by atoms with Crippen LogP contribution in [0.2, 0.25) is 0 Å². The van der Waals surface area contributed by atoms with Crippen molar-refractivity contribution < 1.29 is 9.94 Å². The van der Waals surface area contributed by atoms with Crippen LogP contribution < -0.4 is 11.1 Å². The molecule has 0 aliphatic carbocycles. The van der Waals surface area contributed by atoms with Crippen molar-refractivity contribution in [3.8, 4) is 0 Å². The highest BCUT2D eigenvalue weighted by atomic mass is 16.5. The molecule has 0 saturated carbocycles. The molecule has 2 unspecified atom stereocenters. The molecule has 0 aromatic rings. The standard InChI is InChI=1S/C9H19N3O2/c1-3-7(8(10)12-13)11-9(2)4-5-14-6-9/h7,11,13H,3-6H2,1-2H3,(H2,10,12). The lowest BCUT2D eigenvalue weighted by Crippen LogP contribution is -2.53. The second-order valence-corrected chi connectivity index (χ2v) is 3.99. The van der Waals surface area contributed by atoms with Gasteiger partial charge in [-0.3, -0.25) is 5.32 Å². The first-order valence-corrected chi connectivity index (χ1v) is 4.94. The summed E-state index contributed by atoms with van der Waals surface area (Å²) in [5.41, 5.74) is 5.52. The Morgan fingerprint density at radius 3 is 2.93 bits per heavy atom. The third-order valence-electron chi connectivity index (χ3n) is 2.62. The lowest BCUT2D eigenvalue weighted by molar-refractivity contribution is 0.169. The lowest BCUT2D eigenvalue weighted by atomic mass is 9.99. The van der Waals surface area contributed by atoms with Crippen molar-refractivity contribution in [3.63, 3.8) is 0 Å². The minimum atomic E-state index is -0.0771. The van der Waals surface area contributed by atoms with E-state index in [0.717, 1.165) is 19.4 Å². The number of ether oxygens (including phenoxy) is 1. The van der Waals surface area contributed by atoms with Gasteiger partial charge in [-0.05, 0) is 19.8 Å². The number of hydrogen-bond donors (Lipinski definition) is 3. The van der Waals surface area contributed by atoms with Crippen molar-refractivity contribution in [1.29, 1.82) is 0 Å². The molecule has 2 atom stereocenters. The van der Waals surface area contributed by atoms with Gasteiger partial charge >= 0.3 is 0 Å². The first-order chi connectivity index (χ1) is 6.61. The Bertz CT molecular complexity index is 212. The predicted molar refractivity (Wildman–Crippen MR) is 54.5 cm³/mol. The maximum absolute atomic E-state index is 8.59. The summed E-state index contributed by atoms with van der Waals surface area (Å²) >= 11 is 0. The Balaban J connectivity index is 2.55. The van der Waals surface area contributed by atoms with Gasteiger partial charge in [0.25, 0.3) is 0 Å². The van der Waals surface area contributed by atoms with E-state index in [1.165, 1.54) is 0 Å². The summed E-state index contributed by atoms with van der Waals surface area (Å²) in [7, 11) is 0. The number of oxime groups is 1. The Morgan fingerprint density at radius 2 is 2.50 bits per heavy atom. The van der Waals surface area contributed by atoms with Crippen LogP contribution >= 0.6 is 0 Å². The van der Waals surface area contributed by atoms with Crippen molar-refractivity contribution >= 4 is 5.84 Å². The Morgan fingerprint density at radius 1 is 1.79 bits per heavy atom. The second-order valence-electron chi connectivity index (χ2n) is 3.99. The number of nitrogens with two attached hydrogens (primary N) is 1. The van der Waals surface area contributed by atoms with Crippen molar-refractivity contribution in [2.75, 3.05) is 13.2 Å². The van der Waals surface area contributed by atoms with Gasteiger partial charge in [-0.2, -0.15) is 0 Å². The van der Waals surface area contributed by atoms with Crippen molar-refractivity contribution in [2.45, 2.75) is 38.3 Å². The van der Waals surface area contributed by atoms with Gasteiger partial charge in [0.2, 0.25) is 0 Å². The Labute approximate surface area is 84.3 Å². The molecule has 1 fully saturated rings. The molecule has 0 aromatic heterocycles. The fourth-order valence-corrected chi connectivity index (χ4v) is 1.66. The fraction of sp³-hybridized carbons (Fsp3) is 0.889. The van der Waals surface area contributed by atoms with Gasteiger partial charge < -0.3 is 15.7 Å². The molecule has 1 aliphatic heterocycles. The monoisotopic (exact) mass is 201 g/mol. The first kappa shape index (κ1) is 11.3. The van der Waals surface area contributed by atoms with E-state index in [9.17, 15) is 0 Å². The van der Waals surface area contributed by atoms with E-state index in [2.05, 4.69) is 17.4 Å². The summed E-state index contributed by atoms with van der Waals surface area (Å²) in [6, 6.07) is -0.0771. The van der Waals surface area contributed by atoms with E-state index in [1.807, 2.05) is 6.92 Å². The molecule has 5 heteroatoms. The molecule has 5 nitrogen and oxygen atoms in total. The minimum Gasteiger partial charge on any atom is -0.409 e. The summed E-state index contributed by atoms with van der Waals surface area (Å²) in [5, 5.41) is 15.0. The van der Waals surface area contributed by atoms with E-state index in [-0.39, 0.29) is 17.4 Å². The van der Waals surface area contributed by atoms with Gasteiger partial charge in [0.05, 0.1) is 12.6 Å². The van der Waals surface area contributed by atoms with Crippen LogP contribution in [0.25, 0.3) is 0 Å². The van der Waals surface area contributed by atoms with Crippen LogP contribution in [0.5, 0.6) is 0 Å². The van der Waals surface area contributed by atoms with E-state index in [1.54, 1.807) is 0 Å². The first-order valence-electron chi connectivity index (χ1n) is 4.94. The van der Waals surface area contributed by atoms with E-state index in [4.69, 9.17) is 15.7 Å². The van der Waals surface area contributed by atoms with Gasteiger partial charge in [0, 0.05) is 12.1 Å². The zero-order valence-corrected chi connectivity index (χ0v) is 8.79. The van der Waals surface area contributed by atoms with Crippen molar-refractivity contribution in [2.24, 2.45) is 10.9 Å². The normalized spacial score (nSPS) is 30.6. The molecule has 0 spiro atoms. The number of nitrogens with zero attached hydrogens (tertiary/aromatic N) is 1. The van der Waals surface area contributed by atoms with Crippen LogP contribution in [0, 0.1) is 0 Å². The van der Waals surface area contributed by atoms with Crippen LogP contribution in [0.4, 0.5) is 0 Å². The van der Waals surface area contributed by atoms with Gasteiger partial charge in [-0.1, -0.05) is 12.1 Å². The van der Waals surface area contributed by atoms with Crippen LogP contribution in [0.1, 0.15) is 26.7 Å². The van der Waals surface area contributed by atoms with Crippen LogP contribution in [0.3, 0.4) is 0 Å². The van der Waals surface area contributed by atoms with Crippen LogP contribution in [-0.4, -0.2) is 35.8 Å². The van der Waals surface area contributed by atoms with E-state index < -0.39 is 0 Å². The second kappa shape index (κ2) is 4.61. The summed E-state index contributed by atoms with van der Waals surface area (Å²) in [6.07, 6.45) is 1.76. The van der Waals surface area contributed by atoms with Crippen LogP contribution in [-0.2, 0) is 4.74 Å². The molecule has 0 amide bonds. The molecule has 1 aliphatic rings. The van der Waals surface area contributed by atoms with Crippen LogP contribution in [0.15, 0.2) is 5.16 Å². The molecular formula is C9H19N3O2. The summed E-state index contributed by atoms with van der Waals surface area (Å²) in [5.74, 6) is 0.237. The summed E-state index contributed by atoms with van der Waals surface area (Å²) in [6.45, 7) is 5.54. The molecule has 0 radical (unpaired) electrons. The zero-order valence-electron chi connectivity index (χ0n) is 8.79. The topological polar surface area (TPSA) is 79.9 Å².